The predicted octanol–water partition coefficient (Wildman–Crippen LogP) is 1.86. The molecule has 1 saturated heterocycles. The van der Waals surface area contributed by atoms with Gasteiger partial charge in [-0.2, -0.15) is 0 Å². The molecule has 1 unspecified atom stereocenters. The molecular formula is C19H30N4O4. The summed E-state index contributed by atoms with van der Waals surface area (Å²) in [5, 5.41) is 6.69. The fourth-order valence-electron chi connectivity index (χ4n) is 2.91. The number of hydrogen-bond acceptors (Lipinski definition) is 5. The smallest absolute Gasteiger partial charge is 0.409 e. The lowest BCUT2D eigenvalue weighted by molar-refractivity contribution is 0.111. The van der Waals surface area contributed by atoms with Crippen LogP contribution in [0.25, 0.3) is 0 Å². The number of nitrogens with zero attached hydrogens (tertiary/aromatic N) is 2. The Bertz CT molecular complexity index is 630. The SMILES string of the molecule is CN=C(NCC(C)Oc1cccc(OC)c1)NC1CCN(C(=O)OC)CC1. The zero-order chi connectivity index (χ0) is 19.6. The number of rotatable bonds is 6. The number of guanidine groups is 1. The normalized spacial score (nSPS) is 16.4. The van der Waals surface area contributed by atoms with E-state index in [9.17, 15) is 4.79 Å². The highest BCUT2D eigenvalue weighted by atomic mass is 16.5. The lowest BCUT2D eigenvalue weighted by Crippen LogP contribution is -2.50. The second kappa shape index (κ2) is 10.5. The molecule has 8 nitrogen and oxygen atoms in total. The van der Waals surface area contributed by atoms with Crippen molar-refractivity contribution in [1.29, 1.82) is 0 Å². The summed E-state index contributed by atoms with van der Waals surface area (Å²) in [6.07, 6.45) is 1.40. The third kappa shape index (κ3) is 6.54. The first-order chi connectivity index (χ1) is 13.0. The van der Waals surface area contributed by atoms with Crippen molar-refractivity contribution in [2.45, 2.75) is 31.9 Å². The largest absolute Gasteiger partial charge is 0.497 e. The Morgan fingerprint density at radius 2 is 2.00 bits per heavy atom. The van der Waals surface area contributed by atoms with Gasteiger partial charge in [0.1, 0.15) is 17.6 Å². The molecule has 150 valence electrons. The molecule has 0 bridgehead atoms. The van der Waals surface area contributed by atoms with Gasteiger partial charge < -0.3 is 29.7 Å². The lowest BCUT2D eigenvalue weighted by atomic mass is 10.1. The first kappa shape index (κ1) is 20.7. The molecular weight excluding hydrogens is 348 g/mol. The van der Waals surface area contributed by atoms with Gasteiger partial charge in [-0.15, -0.1) is 0 Å². The Hall–Kier alpha value is -2.64. The summed E-state index contributed by atoms with van der Waals surface area (Å²) < 4.78 is 15.9. The quantitative estimate of drug-likeness (QED) is 0.581. The maximum atomic E-state index is 11.5. The molecule has 2 N–H and O–H groups in total. The van der Waals surface area contributed by atoms with E-state index in [-0.39, 0.29) is 18.2 Å². The molecule has 0 aromatic heterocycles. The minimum atomic E-state index is -0.264. The van der Waals surface area contributed by atoms with Gasteiger partial charge in [0.15, 0.2) is 5.96 Å². The number of methoxy groups -OCH3 is 2. The van der Waals surface area contributed by atoms with E-state index in [0.29, 0.717) is 19.6 Å². The summed E-state index contributed by atoms with van der Waals surface area (Å²) in [6.45, 7) is 3.96. The van der Waals surface area contributed by atoms with Gasteiger partial charge in [-0.25, -0.2) is 4.79 Å². The summed E-state index contributed by atoms with van der Waals surface area (Å²) >= 11 is 0. The average Bonchev–Trinajstić information content (AvgIpc) is 2.71. The summed E-state index contributed by atoms with van der Waals surface area (Å²) in [5.41, 5.74) is 0. The molecule has 0 spiro atoms. The maximum Gasteiger partial charge on any atom is 0.409 e. The Morgan fingerprint density at radius 3 is 2.63 bits per heavy atom. The molecule has 0 saturated carbocycles. The Balaban J connectivity index is 1.74. The van der Waals surface area contributed by atoms with Crippen molar-refractivity contribution in [3.63, 3.8) is 0 Å². The lowest BCUT2D eigenvalue weighted by Gasteiger charge is -2.32. The van der Waals surface area contributed by atoms with E-state index in [2.05, 4.69) is 15.6 Å². The molecule has 2 rings (SSSR count). The van der Waals surface area contributed by atoms with Gasteiger partial charge in [0.25, 0.3) is 0 Å². The van der Waals surface area contributed by atoms with Crippen LogP contribution < -0.4 is 20.1 Å². The van der Waals surface area contributed by atoms with Crippen molar-refractivity contribution >= 4 is 12.1 Å². The number of aliphatic imine (C=N–C) groups is 1. The fourth-order valence-corrected chi connectivity index (χ4v) is 2.91. The topological polar surface area (TPSA) is 84.4 Å². The maximum absolute atomic E-state index is 11.5. The number of benzene rings is 1. The van der Waals surface area contributed by atoms with Crippen LogP contribution in [0.15, 0.2) is 29.3 Å². The van der Waals surface area contributed by atoms with Gasteiger partial charge >= 0.3 is 6.09 Å². The molecule has 1 atom stereocenters. The summed E-state index contributed by atoms with van der Waals surface area (Å²) in [5.74, 6) is 2.26. The van der Waals surface area contributed by atoms with Crippen LogP contribution in [0.2, 0.25) is 0 Å². The second-order valence-corrected chi connectivity index (χ2v) is 6.44. The Kier molecular flexibility index (Phi) is 8.03. The number of likely N-dealkylation sites (tertiary alicyclic amines) is 1. The number of piperidine rings is 1. The van der Waals surface area contributed by atoms with E-state index in [1.54, 1.807) is 19.1 Å². The third-order valence-electron chi connectivity index (χ3n) is 4.43. The van der Waals surface area contributed by atoms with Crippen molar-refractivity contribution in [1.82, 2.24) is 15.5 Å². The summed E-state index contributed by atoms with van der Waals surface area (Å²) in [6, 6.07) is 7.81. The van der Waals surface area contributed by atoms with Crippen molar-refractivity contribution < 1.29 is 19.0 Å². The number of carbonyl (C=O) groups is 1. The number of amides is 1. The molecule has 27 heavy (non-hydrogen) atoms. The zero-order valence-electron chi connectivity index (χ0n) is 16.5. The molecule has 1 aliphatic heterocycles. The van der Waals surface area contributed by atoms with Gasteiger partial charge in [-0.1, -0.05) is 6.07 Å². The van der Waals surface area contributed by atoms with Crippen molar-refractivity contribution in [3.05, 3.63) is 24.3 Å². The van der Waals surface area contributed by atoms with E-state index < -0.39 is 0 Å². The first-order valence-electron chi connectivity index (χ1n) is 9.16. The highest BCUT2D eigenvalue weighted by molar-refractivity contribution is 5.80. The van der Waals surface area contributed by atoms with E-state index in [0.717, 1.165) is 30.3 Å². The molecule has 1 aromatic rings. The minimum absolute atomic E-state index is 0.0446. The van der Waals surface area contributed by atoms with Gasteiger partial charge in [0.05, 0.1) is 20.8 Å². The van der Waals surface area contributed by atoms with Crippen molar-refractivity contribution in [2.24, 2.45) is 4.99 Å². The second-order valence-electron chi connectivity index (χ2n) is 6.44. The number of hydrogen-bond donors (Lipinski definition) is 2. The van der Waals surface area contributed by atoms with Crippen molar-refractivity contribution in [3.8, 4) is 11.5 Å². The fraction of sp³-hybridized carbons (Fsp3) is 0.579. The highest BCUT2D eigenvalue weighted by Crippen LogP contribution is 2.19. The van der Waals surface area contributed by atoms with Crippen LogP contribution in [0.1, 0.15) is 19.8 Å². The Morgan fingerprint density at radius 1 is 1.30 bits per heavy atom. The summed E-state index contributed by atoms with van der Waals surface area (Å²) in [7, 11) is 4.79. The monoisotopic (exact) mass is 378 g/mol. The van der Waals surface area contributed by atoms with Crippen LogP contribution in [0.4, 0.5) is 4.79 Å². The third-order valence-corrected chi connectivity index (χ3v) is 4.43. The van der Waals surface area contributed by atoms with Crippen LogP contribution in [0.3, 0.4) is 0 Å². The van der Waals surface area contributed by atoms with E-state index >= 15 is 0 Å². The van der Waals surface area contributed by atoms with Gasteiger partial charge in [0, 0.05) is 32.2 Å². The van der Waals surface area contributed by atoms with Crippen LogP contribution in [0.5, 0.6) is 11.5 Å². The predicted molar refractivity (Wildman–Crippen MR) is 105 cm³/mol. The van der Waals surface area contributed by atoms with Crippen LogP contribution in [-0.4, -0.2) is 70.0 Å². The molecule has 1 fully saturated rings. The molecule has 0 aliphatic carbocycles. The van der Waals surface area contributed by atoms with E-state index in [1.807, 2.05) is 31.2 Å². The van der Waals surface area contributed by atoms with Gasteiger partial charge in [-0.05, 0) is 31.9 Å². The molecule has 1 aliphatic rings. The minimum Gasteiger partial charge on any atom is -0.497 e. The van der Waals surface area contributed by atoms with Gasteiger partial charge in [-0.3, -0.25) is 4.99 Å². The van der Waals surface area contributed by atoms with Crippen molar-refractivity contribution in [2.75, 3.05) is 40.9 Å². The molecule has 0 radical (unpaired) electrons. The standard InChI is InChI=1S/C19H30N4O4/c1-14(27-17-7-5-6-16(12-17)25-3)13-21-18(20-2)22-15-8-10-23(11-9-15)19(24)26-4/h5-7,12,14-15H,8-11,13H2,1-4H3,(H2,20,21,22). The van der Waals surface area contributed by atoms with Crippen LogP contribution in [0, 0.1) is 0 Å². The Labute approximate surface area is 160 Å². The average molecular weight is 378 g/mol. The number of carbonyl (C=O) groups excluding carboxylic acids is 1. The van der Waals surface area contributed by atoms with E-state index in [1.165, 1.54) is 7.11 Å². The number of ether oxygens (including phenoxy) is 3. The van der Waals surface area contributed by atoms with Crippen LogP contribution >= 0.6 is 0 Å². The molecule has 1 heterocycles. The van der Waals surface area contributed by atoms with Gasteiger partial charge in [0.2, 0.25) is 0 Å². The van der Waals surface area contributed by atoms with Crippen LogP contribution in [-0.2, 0) is 4.74 Å². The van der Waals surface area contributed by atoms with E-state index in [4.69, 9.17) is 14.2 Å². The number of nitrogens with one attached hydrogen (secondary N) is 2. The highest BCUT2D eigenvalue weighted by Gasteiger charge is 2.23. The molecule has 8 heteroatoms. The molecule has 1 aromatic carbocycles. The molecule has 1 amide bonds. The summed E-state index contributed by atoms with van der Waals surface area (Å²) in [4.78, 5) is 17.5. The zero-order valence-corrected chi connectivity index (χ0v) is 16.5. The first-order valence-corrected chi connectivity index (χ1v) is 9.16.